The van der Waals surface area contributed by atoms with Gasteiger partial charge in [-0.3, -0.25) is 4.79 Å². The zero-order valence-electron chi connectivity index (χ0n) is 15.4. The maximum atomic E-state index is 11.8. The first-order valence-corrected chi connectivity index (χ1v) is 10.1. The molecular formula is C26H20OS. The van der Waals surface area contributed by atoms with Gasteiger partial charge in [0.05, 0.1) is 0 Å². The van der Waals surface area contributed by atoms with Gasteiger partial charge < -0.3 is 0 Å². The number of hydrogen-bond acceptors (Lipinski definition) is 2. The van der Waals surface area contributed by atoms with Gasteiger partial charge >= 0.3 is 0 Å². The predicted molar refractivity (Wildman–Crippen MR) is 116 cm³/mol. The van der Waals surface area contributed by atoms with Crippen LogP contribution in [0.5, 0.6) is 0 Å². The Bertz CT molecular complexity index is 943. The van der Waals surface area contributed by atoms with Crippen LogP contribution in [0.25, 0.3) is 0 Å². The van der Waals surface area contributed by atoms with E-state index in [1.807, 2.05) is 72.4 Å². The second-order valence-electron chi connectivity index (χ2n) is 6.56. The third-order valence-electron chi connectivity index (χ3n) is 4.62. The van der Waals surface area contributed by atoms with E-state index in [1.54, 1.807) is 0 Å². The average Bonchev–Trinajstić information content (AvgIpc) is 2.79. The van der Waals surface area contributed by atoms with Crippen molar-refractivity contribution in [3.8, 4) is 0 Å². The molecule has 1 aliphatic rings. The Balaban J connectivity index is 0.000000137. The van der Waals surface area contributed by atoms with E-state index in [2.05, 4.69) is 48.5 Å². The summed E-state index contributed by atoms with van der Waals surface area (Å²) in [6.45, 7) is 0. The number of benzene rings is 4. The lowest BCUT2D eigenvalue weighted by molar-refractivity contribution is 0.103. The van der Waals surface area contributed by atoms with Gasteiger partial charge in [-0.15, -0.1) is 0 Å². The van der Waals surface area contributed by atoms with Crippen LogP contribution in [0.2, 0.25) is 0 Å². The zero-order chi connectivity index (χ0) is 19.2. The van der Waals surface area contributed by atoms with Crippen LogP contribution < -0.4 is 0 Å². The third kappa shape index (κ3) is 4.24. The van der Waals surface area contributed by atoms with E-state index >= 15 is 0 Å². The molecule has 0 radical (unpaired) electrons. The summed E-state index contributed by atoms with van der Waals surface area (Å²) in [6.07, 6.45) is 1.08. The maximum Gasteiger partial charge on any atom is 0.193 e. The van der Waals surface area contributed by atoms with Crippen molar-refractivity contribution >= 4 is 17.5 Å². The molecule has 0 saturated heterocycles. The molecule has 0 amide bonds. The van der Waals surface area contributed by atoms with Gasteiger partial charge in [-0.25, -0.2) is 0 Å². The van der Waals surface area contributed by atoms with Crippen molar-refractivity contribution in [2.24, 2.45) is 0 Å². The zero-order valence-corrected chi connectivity index (χ0v) is 16.2. The number of rotatable bonds is 2. The molecule has 4 aromatic rings. The molecule has 0 N–H and O–H groups in total. The molecular weight excluding hydrogens is 360 g/mol. The molecule has 1 heterocycles. The molecule has 1 nitrogen and oxygen atoms in total. The van der Waals surface area contributed by atoms with Crippen molar-refractivity contribution in [3.05, 3.63) is 131 Å². The van der Waals surface area contributed by atoms with Crippen LogP contribution in [0, 0.1) is 0 Å². The Labute approximate surface area is 170 Å². The minimum Gasteiger partial charge on any atom is -0.289 e. The molecule has 136 valence electrons. The molecule has 2 heteroatoms. The van der Waals surface area contributed by atoms with Crippen LogP contribution in [0.1, 0.15) is 27.0 Å². The molecule has 0 saturated carbocycles. The van der Waals surface area contributed by atoms with Gasteiger partial charge in [-0.05, 0) is 29.7 Å². The van der Waals surface area contributed by atoms with Crippen molar-refractivity contribution in [3.63, 3.8) is 0 Å². The summed E-state index contributed by atoms with van der Waals surface area (Å²) >= 11 is 1.88. The second kappa shape index (κ2) is 8.73. The van der Waals surface area contributed by atoms with Gasteiger partial charge in [0.2, 0.25) is 0 Å². The molecule has 0 unspecified atom stereocenters. The normalized spacial score (nSPS) is 11.4. The number of fused-ring (bicyclic) bond motifs is 2. The molecule has 0 fully saturated rings. The Hall–Kier alpha value is -3.10. The molecule has 0 atom stereocenters. The lowest BCUT2D eigenvalue weighted by atomic mass is 10.0. The number of hydrogen-bond donors (Lipinski definition) is 0. The highest BCUT2D eigenvalue weighted by atomic mass is 32.2. The van der Waals surface area contributed by atoms with Crippen LogP contribution >= 0.6 is 11.8 Å². The summed E-state index contributed by atoms with van der Waals surface area (Å²) in [7, 11) is 0. The van der Waals surface area contributed by atoms with Crippen molar-refractivity contribution in [1.82, 2.24) is 0 Å². The topological polar surface area (TPSA) is 17.1 Å². The fourth-order valence-electron chi connectivity index (χ4n) is 3.17. The second-order valence-corrected chi connectivity index (χ2v) is 7.64. The van der Waals surface area contributed by atoms with Gasteiger partial charge in [0.25, 0.3) is 0 Å². The molecule has 0 spiro atoms. The van der Waals surface area contributed by atoms with Crippen LogP contribution in [0.15, 0.2) is 119 Å². The quantitative estimate of drug-likeness (QED) is 0.319. The molecule has 0 bridgehead atoms. The molecule has 5 rings (SSSR count). The van der Waals surface area contributed by atoms with Gasteiger partial charge in [-0.2, -0.15) is 0 Å². The van der Waals surface area contributed by atoms with Gasteiger partial charge in [0.1, 0.15) is 0 Å². The first-order valence-electron chi connectivity index (χ1n) is 9.30. The first kappa shape index (κ1) is 18.3. The standard InChI is InChI=1S/C13H10O.C13H10S/c14-13(11-7-3-1-4-8-11)12-9-5-2-6-10-12;1-3-7-12-10(5-1)9-11-6-2-4-8-13(11)14-12/h1-10H;1-8H,9H2. The highest BCUT2D eigenvalue weighted by Crippen LogP contribution is 2.38. The van der Waals surface area contributed by atoms with Crippen LogP contribution in [-0.2, 0) is 6.42 Å². The largest absolute Gasteiger partial charge is 0.289 e. The Morgan fingerprint density at radius 3 is 1.39 bits per heavy atom. The van der Waals surface area contributed by atoms with Crippen molar-refractivity contribution in [2.75, 3.05) is 0 Å². The van der Waals surface area contributed by atoms with E-state index in [0.29, 0.717) is 0 Å². The summed E-state index contributed by atoms with van der Waals surface area (Å²) in [5.41, 5.74) is 4.38. The van der Waals surface area contributed by atoms with Gasteiger partial charge in [0.15, 0.2) is 5.78 Å². The summed E-state index contributed by atoms with van der Waals surface area (Å²) in [6, 6.07) is 35.9. The van der Waals surface area contributed by atoms with Crippen molar-refractivity contribution in [2.45, 2.75) is 16.2 Å². The molecule has 28 heavy (non-hydrogen) atoms. The summed E-state index contributed by atoms with van der Waals surface area (Å²) in [5, 5.41) is 0. The van der Waals surface area contributed by atoms with Crippen molar-refractivity contribution in [1.29, 1.82) is 0 Å². The third-order valence-corrected chi connectivity index (χ3v) is 5.85. The highest BCUT2D eigenvalue weighted by Gasteiger charge is 2.14. The van der Waals surface area contributed by atoms with E-state index in [4.69, 9.17) is 0 Å². The fourth-order valence-corrected chi connectivity index (χ4v) is 4.24. The van der Waals surface area contributed by atoms with Crippen LogP contribution in [-0.4, -0.2) is 5.78 Å². The lowest BCUT2D eigenvalue weighted by Crippen LogP contribution is -1.99. The minimum atomic E-state index is 0.0752. The summed E-state index contributed by atoms with van der Waals surface area (Å²) in [5.74, 6) is 0.0752. The monoisotopic (exact) mass is 380 g/mol. The van der Waals surface area contributed by atoms with E-state index in [-0.39, 0.29) is 5.78 Å². The van der Waals surface area contributed by atoms with E-state index < -0.39 is 0 Å². The van der Waals surface area contributed by atoms with Crippen LogP contribution in [0.3, 0.4) is 0 Å². The molecule has 0 aromatic heterocycles. The fraction of sp³-hybridized carbons (Fsp3) is 0.0385. The number of ketones is 1. The highest BCUT2D eigenvalue weighted by molar-refractivity contribution is 7.99. The summed E-state index contributed by atoms with van der Waals surface area (Å²) < 4.78 is 0. The Morgan fingerprint density at radius 2 is 0.929 bits per heavy atom. The maximum absolute atomic E-state index is 11.8. The summed E-state index contributed by atoms with van der Waals surface area (Å²) in [4.78, 5) is 14.7. The molecule has 0 aliphatic carbocycles. The van der Waals surface area contributed by atoms with E-state index in [9.17, 15) is 4.79 Å². The lowest BCUT2D eigenvalue weighted by Gasteiger charge is -2.17. The van der Waals surface area contributed by atoms with Gasteiger partial charge in [0, 0.05) is 20.9 Å². The Kier molecular flexibility index (Phi) is 5.69. The SMILES string of the molecule is O=C(c1ccccc1)c1ccccc1.c1ccc2c(c1)Cc1ccccc1S2. The number of carbonyl (C=O) groups excluding carboxylic acids is 1. The molecule has 4 aromatic carbocycles. The average molecular weight is 381 g/mol. The predicted octanol–water partition coefficient (Wildman–Crippen LogP) is 6.66. The van der Waals surface area contributed by atoms with Gasteiger partial charge in [-0.1, -0.05) is 109 Å². The van der Waals surface area contributed by atoms with Crippen molar-refractivity contribution < 1.29 is 4.79 Å². The van der Waals surface area contributed by atoms with Crippen LogP contribution in [0.4, 0.5) is 0 Å². The van der Waals surface area contributed by atoms with E-state index in [1.165, 1.54) is 20.9 Å². The van der Waals surface area contributed by atoms with E-state index in [0.717, 1.165) is 17.5 Å². The molecule has 1 aliphatic heterocycles. The minimum absolute atomic E-state index is 0.0752. The number of carbonyl (C=O) groups is 1. The first-order chi connectivity index (χ1) is 13.8. The smallest absolute Gasteiger partial charge is 0.193 e. The Morgan fingerprint density at radius 1 is 0.536 bits per heavy atom.